The lowest BCUT2D eigenvalue weighted by atomic mass is 10.2. The van der Waals surface area contributed by atoms with Crippen LogP contribution in [0.25, 0.3) is 0 Å². The first-order valence-corrected chi connectivity index (χ1v) is 4.20. The molecular formula is C9H15NO2. The van der Waals surface area contributed by atoms with Crippen molar-refractivity contribution in [2.75, 3.05) is 13.7 Å². The van der Waals surface area contributed by atoms with E-state index < -0.39 is 5.54 Å². The van der Waals surface area contributed by atoms with Crippen LogP contribution in [0.3, 0.4) is 0 Å². The molecule has 1 rings (SSSR count). The highest BCUT2D eigenvalue weighted by atomic mass is 16.5. The molecule has 2 atom stereocenters. The van der Waals surface area contributed by atoms with Gasteiger partial charge in [-0.3, -0.25) is 4.79 Å². The molecule has 1 aliphatic carbocycles. The highest BCUT2D eigenvalue weighted by Gasteiger charge is 2.58. The number of ether oxygens (including phenoxy) is 1. The first-order chi connectivity index (χ1) is 5.71. The Labute approximate surface area is 72.8 Å². The highest BCUT2D eigenvalue weighted by Crippen LogP contribution is 2.44. The zero-order chi connectivity index (χ0) is 9.19. The lowest BCUT2D eigenvalue weighted by molar-refractivity contribution is -0.147. The molecule has 0 aliphatic heterocycles. The van der Waals surface area contributed by atoms with E-state index in [-0.39, 0.29) is 11.9 Å². The van der Waals surface area contributed by atoms with Gasteiger partial charge in [-0.1, -0.05) is 6.08 Å². The Bertz CT molecular complexity index is 203. The summed E-state index contributed by atoms with van der Waals surface area (Å²) in [7, 11) is 1.78. The van der Waals surface area contributed by atoms with Crippen molar-refractivity contribution in [3.8, 4) is 0 Å². The van der Waals surface area contributed by atoms with Crippen LogP contribution >= 0.6 is 0 Å². The number of nitrogens with one attached hydrogen (secondary N) is 1. The maximum Gasteiger partial charge on any atom is 0.326 e. The first-order valence-electron chi connectivity index (χ1n) is 4.20. The van der Waals surface area contributed by atoms with E-state index in [2.05, 4.69) is 11.9 Å². The van der Waals surface area contributed by atoms with Crippen molar-refractivity contribution < 1.29 is 9.53 Å². The van der Waals surface area contributed by atoms with Gasteiger partial charge >= 0.3 is 5.97 Å². The lowest BCUT2D eigenvalue weighted by Gasteiger charge is -2.13. The maximum atomic E-state index is 11.4. The minimum absolute atomic E-state index is 0.155. The van der Waals surface area contributed by atoms with Crippen molar-refractivity contribution in [1.29, 1.82) is 0 Å². The topological polar surface area (TPSA) is 38.3 Å². The van der Waals surface area contributed by atoms with E-state index in [4.69, 9.17) is 4.74 Å². The van der Waals surface area contributed by atoms with Gasteiger partial charge in [0.2, 0.25) is 0 Å². The number of rotatable bonds is 4. The number of likely N-dealkylation sites (N-methyl/N-ethyl adjacent to an activating group) is 1. The summed E-state index contributed by atoms with van der Waals surface area (Å²) in [6.45, 7) is 5.91. The van der Waals surface area contributed by atoms with Crippen LogP contribution in [0.4, 0.5) is 0 Å². The predicted octanol–water partition coefficient (Wildman–Crippen LogP) is 0.714. The van der Waals surface area contributed by atoms with Crippen molar-refractivity contribution in [3.63, 3.8) is 0 Å². The Morgan fingerprint density at radius 3 is 2.92 bits per heavy atom. The number of hydrogen-bond donors (Lipinski definition) is 1. The summed E-state index contributed by atoms with van der Waals surface area (Å²) in [5, 5.41) is 2.99. The molecule has 0 heterocycles. The first kappa shape index (κ1) is 9.26. The molecule has 0 aromatic carbocycles. The van der Waals surface area contributed by atoms with Crippen LogP contribution in [-0.4, -0.2) is 25.2 Å². The van der Waals surface area contributed by atoms with E-state index in [1.807, 2.05) is 6.92 Å². The highest BCUT2D eigenvalue weighted by molar-refractivity contribution is 5.85. The summed E-state index contributed by atoms with van der Waals surface area (Å²) in [5.74, 6) is 0.0824. The van der Waals surface area contributed by atoms with Crippen LogP contribution in [0.1, 0.15) is 13.3 Å². The van der Waals surface area contributed by atoms with E-state index in [1.165, 1.54) is 0 Å². The smallest absolute Gasteiger partial charge is 0.326 e. The van der Waals surface area contributed by atoms with Gasteiger partial charge in [0, 0.05) is 5.92 Å². The largest absolute Gasteiger partial charge is 0.465 e. The third kappa shape index (κ3) is 1.25. The molecular weight excluding hydrogens is 154 g/mol. The molecule has 0 radical (unpaired) electrons. The van der Waals surface area contributed by atoms with Crippen molar-refractivity contribution >= 4 is 5.97 Å². The molecule has 1 saturated carbocycles. The van der Waals surface area contributed by atoms with Gasteiger partial charge in [-0.05, 0) is 20.4 Å². The molecule has 1 fully saturated rings. The fourth-order valence-electron chi connectivity index (χ4n) is 1.46. The minimum atomic E-state index is -0.461. The van der Waals surface area contributed by atoms with Crippen LogP contribution in [0.5, 0.6) is 0 Å². The number of esters is 1. The number of carbonyl (C=O) groups excluding carboxylic acids is 1. The van der Waals surface area contributed by atoms with Crippen LogP contribution < -0.4 is 5.32 Å². The molecule has 0 aromatic rings. The van der Waals surface area contributed by atoms with Crippen LogP contribution in [0, 0.1) is 5.92 Å². The average molecular weight is 169 g/mol. The molecule has 0 amide bonds. The van der Waals surface area contributed by atoms with Crippen molar-refractivity contribution in [2.45, 2.75) is 18.9 Å². The molecule has 0 aromatic heterocycles. The molecule has 1 aliphatic rings. The van der Waals surface area contributed by atoms with Gasteiger partial charge in [-0.2, -0.15) is 0 Å². The zero-order valence-electron chi connectivity index (χ0n) is 7.59. The van der Waals surface area contributed by atoms with Crippen molar-refractivity contribution in [3.05, 3.63) is 12.7 Å². The fraction of sp³-hybridized carbons (Fsp3) is 0.667. The van der Waals surface area contributed by atoms with Gasteiger partial charge in [-0.15, -0.1) is 6.58 Å². The van der Waals surface area contributed by atoms with Gasteiger partial charge in [0.05, 0.1) is 6.61 Å². The van der Waals surface area contributed by atoms with Crippen LogP contribution in [0.15, 0.2) is 12.7 Å². The standard InChI is InChI=1S/C9H15NO2/c1-4-7-6-9(7,10-3)8(11)12-5-2/h4,7,10H,1,5-6H2,2-3H3. The Balaban J connectivity index is 2.58. The van der Waals surface area contributed by atoms with Crippen LogP contribution in [-0.2, 0) is 9.53 Å². The Morgan fingerprint density at radius 2 is 2.58 bits per heavy atom. The summed E-state index contributed by atoms with van der Waals surface area (Å²) in [6, 6.07) is 0. The maximum absolute atomic E-state index is 11.4. The van der Waals surface area contributed by atoms with E-state index in [0.717, 1.165) is 6.42 Å². The zero-order valence-corrected chi connectivity index (χ0v) is 7.59. The molecule has 0 spiro atoms. The lowest BCUT2D eigenvalue weighted by Crippen LogP contribution is -2.39. The summed E-state index contributed by atoms with van der Waals surface area (Å²) in [6.07, 6.45) is 2.61. The summed E-state index contributed by atoms with van der Waals surface area (Å²) >= 11 is 0. The molecule has 1 N–H and O–H groups in total. The molecule has 68 valence electrons. The Hall–Kier alpha value is -0.830. The van der Waals surface area contributed by atoms with E-state index >= 15 is 0 Å². The predicted molar refractivity (Wildman–Crippen MR) is 46.7 cm³/mol. The van der Waals surface area contributed by atoms with Gasteiger partial charge in [-0.25, -0.2) is 0 Å². The van der Waals surface area contributed by atoms with E-state index in [1.54, 1.807) is 13.1 Å². The molecule has 2 unspecified atom stereocenters. The quantitative estimate of drug-likeness (QED) is 0.497. The molecule has 0 bridgehead atoms. The van der Waals surface area contributed by atoms with Gasteiger partial charge in [0.25, 0.3) is 0 Å². The van der Waals surface area contributed by atoms with Crippen LogP contribution in [0.2, 0.25) is 0 Å². The number of hydrogen-bond acceptors (Lipinski definition) is 3. The Kier molecular flexibility index (Phi) is 2.52. The van der Waals surface area contributed by atoms with E-state index in [0.29, 0.717) is 6.61 Å². The summed E-state index contributed by atoms with van der Waals surface area (Å²) < 4.78 is 4.94. The molecule has 3 heteroatoms. The third-order valence-corrected chi connectivity index (χ3v) is 2.39. The fourth-order valence-corrected chi connectivity index (χ4v) is 1.46. The average Bonchev–Trinajstić information content (AvgIpc) is 2.80. The SMILES string of the molecule is C=CC1CC1(NC)C(=O)OCC. The minimum Gasteiger partial charge on any atom is -0.465 e. The molecule has 0 saturated heterocycles. The van der Waals surface area contributed by atoms with Crippen molar-refractivity contribution in [2.24, 2.45) is 5.92 Å². The normalized spacial score (nSPS) is 32.7. The summed E-state index contributed by atoms with van der Waals surface area (Å²) in [5.41, 5.74) is -0.461. The monoisotopic (exact) mass is 169 g/mol. The molecule has 3 nitrogen and oxygen atoms in total. The molecule has 12 heavy (non-hydrogen) atoms. The summed E-state index contributed by atoms with van der Waals surface area (Å²) in [4.78, 5) is 11.4. The Morgan fingerprint density at radius 1 is 1.92 bits per heavy atom. The van der Waals surface area contributed by atoms with Gasteiger partial charge < -0.3 is 10.1 Å². The second kappa shape index (κ2) is 3.27. The van der Waals surface area contributed by atoms with Gasteiger partial charge in [0.15, 0.2) is 0 Å². The van der Waals surface area contributed by atoms with Crippen molar-refractivity contribution in [1.82, 2.24) is 5.32 Å². The van der Waals surface area contributed by atoms with E-state index in [9.17, 15) is 4.79 Å². The second-order valence-corrected chi connectivity index (χ2v) is 2.99. The van der Waals surface area contributed by atoms with Gasteiger partial charge in [0.1, 0.15) is 5.54 Å². The number of carbonyl (C=O) groups is 1. The third-order valence-electron chi connectivity index (χ3n) is 2.39. The second-order valence-electron chi connectivity index (χ2n) is 2.99.